The fourth-order valence-corrected chi connectivity index (χ4v) is 6.15. The highest BCUT2D eigenvalue weighted by Crippen LogP contribution is 2.57. The molecule has 2 saturated carbocycles. The minimum atomic E-state index is -0.983. The van der Waals surface area contributed by atoms with Crippen LogP contribution < -0.4 is 10.1 Å². The van der Waals surface area contributed by atoms with Gasteiger partial charge < -0.3 is 19.7 Å². The maximum Gasteiger partial charge on any atom is 0.274 e. The van der Waals surface area contributed by atoms with Crippen molar-refractivity contribution in [3.05, 3.63) is 58.6 Å². The van der Waals surface area contributed by atoms with Crippen LogP contribution in [0.1, 0.15) is 53.5 Å². The molecular formula is C24H27ClFN5O3. The second-order valence-electron chi connectivity index (χ2n) is 9.49. The van der Waals surface area contributed by atoms with Gasteiger partial charge in [0, 0.05) is 25.7 Å². The molecule has 180 valence electrons. The Kier molecular flexibility index (Phi) is 5.64. The molecule has 0 bridgehead atoms. The van der Waals surface area contributed by atoms with E-state index in [2.05, 4.69) is 15.4 Å². The molecule has 10 heteroatoms. The fourth-order valence-electron chi connectivity index (χ4n) is 5.96. The van der Waals surface area contributed by atoms with Crippen LogP contribution in [0, 0.1) is 17.7 Å². The summed E-state index contributed by atoms with van der Waals surface area (Å²) in [6.45, 7) is 0. The smallest absolute Gasteiger partial charge is 0.274 e. The number of ether oxygens (including phenoxy) is 1. The van der Waals surface area contributed by atoms with Gasteiger partial charge in [-0.15, -0.1) is 0 Å². The van der Waals surface area contributed by atoms with Crippen molar-refractivity contribution < 1.29 is 19.0 Å². The lowest BCUT2D eigenvalue weighted by atomic mass is 9.89. The molecule has 2 atom stereocenters. The van der Waals surface area contributed by atoms with Crippen LogP contribution in [0.2, 0.25) is 5.02 Å². The summed E-state index contributed by atoms with van der Waals surface area (Å²) < 4.78 is 22.3. The molecular weight excluding hydrogens is 461 g/mol. The number of fused-ring (bicyclic) bond motifs is 1. The maximum atomic E-state index is 13.5. The summed E-state index contributed by atoms with van der Waals surface area (Å²) in [5, 5.41) is 18.5. The van der Waals surface area contributed by atoms with Crippen molar-refractivity contribution in [3.8, 4) is 5.75 Å². The molecule has 2 unspecified atom stereocenters. The molecule has 5 rings (SSSR count). The number of halogens is 2. The van der Waals surface area contributed by atoms with Crippen molar-refractivity contribution in [2.45, 2.75) is 37.2 Å². The van der Waals surface area contributed by atoms with E-state index in [1.54, 1.807) is 35.9 Å². The predicted octanol–water partition coefficient (Wildman–Crippen LogP) is 4.00. The maximum absolute atomic E-state index is 13.5. The number of nitrogens with one attached hydrogen (secondary N) is 1. The van der Waals surface area contributed by atoms with Gasteiger partial charge in [-0.1, -0.05) is 11.6 Å². The van der Waals surface area contributed by atoms with E-state index in [0.717, 1.165) is 24.2 Å². The zero-order valence-electron chi connectivity index (χ0n) is 19.3. The summed E-state index contributed by atoms with van der Waals surface area (Å²) in [6, 6.07) is 4.08. The summed E-state index contributed by atoms with van der Waals surface area (Å²) in [7, 11) is 5.19. The van der Waals surface area contributed by atoms with E-state index in [9.17, 15) is 14.3 Å². The Bertz CT molecular complexity index is 1240. The number of hydrogen-bond acceptors (Lipinski definition) is 5. The number of hydrogen-bond donors (Lipinski definition) is 2. The Morgan fingerprint density at radius 3 is 2.65 bits per heavy atom. The first-order valence-electron chi connectivity index (χ1n) is 11.3. The Morgan fingerprint density at radius 2 is 2.00 bits per heavy atom. The number of methoxy groups -OCH3 is 1. The largest absolute Gasteiger partial charge is 0.493 e. The molecule has 2 heterocycles. The van der Waals surface area contributed by atoms with E-state index in [4.69, 9.17) is 16.3 Å². The van der Waals surface area contributed by atoms with Gasteiger partial charge in [0.1, 0.15) is 22.8 Å². The third-order valence-electron chi connectivity index (χ3n) is 7.35. The molecule has 1 amide bonds. The summed E-state index contributed by atoms with van der Waals surface area (Å²) in [5.74, 6) is 0.484. The quantitative estimate of drug-likeness (QED) is 0.567. The number of rotatable bonds is 5. The molecule has 34 heavy (non-hydrogen) atoms. The van der Waals surface area contributed by atoms with Crippen LogP contribution >= 0.6 is 11.6 Å². The molecule has 2 aliphatic rings. The summed E-state index contributed by atoms with van der Waals surface area (Å²) in [4.78, 5) is 17.7. The molecule has 2 aliphatic carbocycles. The summed E-state index contributed by atoms with van der Waals surface area (Å²) in [5.41, 5.74) is 1.39. The van der Waals surface area contributed by atoms with Gasteiger partial charge in [0.2, 0.25) is 0 Å². The van der Waals surface area contributed by atoms with E-state index in [-0.39, 0.29) is 16.8 Å². The van der Waals surface area contributed by atoms with E-state index >= 15 is 0 Å². The lowest BCUT2D eigenvalue weighted by molar-refractivity contribution is 0.0240. The number of aryl methyl sites for hydroxylation is 2. The topological polar surface area (TPSA) is 94.2 Å². The monoisotopic (exact) mass is 487 g/mol. The van der Waals surface area contributed by atoms with Crippen molar-refractivity contribution in [3.63, 3.8) is 0 Å². The number of aliphatic hydroxyl groups is 1. The van der Waals surface area contributed by atoms with Crippen LogP contribution in [0.25, 0.3) is 0 Å². The third-order valence-corrected chi connectivity index (χ3v) is 7.64. The second kappa shape index (κ2) is 8.39. The highest BCUT2D eigenvalue weighted by Gasteiger charge is 2.52. The Labute approximate surface area is 201 Å². The summed E-state index contributed by atoms with van der Waals surface area (Å²) >= 11 is 5.85. The van der Waals surface area contributed by atoms with Crippen molar-refractivity contribution in [1.29, 1.82) is 0 Å². The van der Waals surface area contributed by atoms with Crippen molar-refractivity contribution in [2.75, 3.05) is 12.4 Å². The number of aromatic nitrogens is 4. The van der Waals surface area contributed by atoms with E-state index < -0.39 is 11.4 Å². The van der Waals surface area contributed by atoms with Gasteiger partial charge in [-0.05, 0) is 55.7 Å². The van der Waals surface area contributed by atoms with Crippen molar-refractivity contribution in [2.24, 2.45) is 25.9 Å². The van der Waals surface area contributed by atoms with Gasteiger partial charge in [-0.25, -0.2) is 9.37 Å². The molecule has 2 N–H and O–H groups in total. The van der Waals surface area contributed by atoms with E-state index in [0.29, 0.717) is 41.8 Å². The van der Waals surface area contributed by atoms with Gasteiger partial charge in [0.15, 0.2) is 5.75 Å². The normalized spacial score (nSPS) is 26.0. The minimum absolute atomic E-state index is 0.0517. The average molecular weight is 488 g/mol. The molecule has 0 saturated heterocycles. The number of anilines is 1. The number of imidazole rings is 1. The molecule has 2 aromatic heterocycles. The zero-order chi connectivity index (χ0) is 24.2. The van der Waals surface area contributed by atoms with Crippen LogP contribution in [-0.2, 0) is 19.7 Å². The van der Waals surface area contributed by atoms with Gasteiger partial charge >= 0.3 is 0 Å². The molecule has 0 radical (unpaired) electrons. The molecule has 0 aliphatic heterocycles. The van der Waals surface area contributed by atoms with E-state index in [1.165, 1.54) is 18.2 Å². The van der Waals surface area contributed by atoms with Crippen LogP contribution in [0.3, 0.4) is 0 Å². The van der Waals surface area contributed by atoms with Gasteiger partial charge in [-0.2, -0.15) is 5.10 Å². The third kappa shape index (κ3) is 3.76. The van der Waals surface area contributed by atoms with Crippen molar-refractivity contribution >= 4 is 23.2 Å². The molecule has 8 nitrogen and oxygen atoms in total. The fraction of sp³-hybridized carbons (Fsp3) is 0.458. The Hall–Kier alpha value is -2.91. The molecule has 2 fully saturated rings. The highest BCUT2D eigenvalue weighted by atomic mass is 35.5. The predicted molar refractivity (Wildman–Crippen MR) is 124 cm³/mol. The van der Waals surface area contributed by atoms with E-state index in [1.807, 2.05) is 7.05 Å². The average Bonchev–Trinajstić information content (AvgIpc) is 3.52. The molecule has 1 aromatic carbocycles. The van der Waals surface area contributed by atoms with Crippen LogP contribution in [0.15, 0.2) is 30.7 Å². The first-order chi connectivity index (χ1) is 16.2. The SMILES string of the molecule is COc1cnn(C)c1C1(O)CC2CC(c3ncn(C)c3C(=O)Nc3ccc(F)c(Cl)c3)CC2C1. The van der Waals surface area contributed by atoms with Crippen LogP contribution in [-0.4, -0.2) is 37.5 Å². The lowest BCUT2D eigenvalue weighted by Gasteiger charge is -2.26. The van der Waals surface area contributed by atoms with Gasteiger partial charge in [0.25, 0.3) is 5.91 Å². The Balaban J connectivity index is 1.33. The Morgan fingerprint density at radius 1 is 1.29 bits per heavy atom. The van der Waals surface area contributed by atoms with Crippen LogP contribution in [0.5, 0.6) is 5.75 Å². The minimum Gasteiger partial charge on any atom is -0.493 e. The zero-order valence-corrected chi connectivity index (χ0v) is 20.0. The molecule has 0 spiro atoms. The number of nitrogens with zero attached hydrogens (tertiary/aromatic N) is 4. The number of amides is 1. The first kappa shape index (κ1) is 22.9. The summed E-state index contributed by atoms with van der Waals surface area (Å²) in [6.07, 6.45) is 6.20. The number of carbonyl (C=O) groups is 1. The molecule has 3 aromatic rings. The highest BCUT2D eigenvalue weighted by molar-refractivity contribution is 6.31. The number of carbonyl (C=O) groups excluding carboxylic acids is 1. The standard InChI is InChI=1S/C24H27ClFN5O3/c1-30-12-27-20(21(30)23(32)29-16-4-5-18(26)17(25)8-16)13-6-14-9-24(33,10-15(14)7-13)22-19(34-3)11-28-31(22)2/h4-5,8,11-15,33H,6-7,9-10H2,1-3H3,(H,29,32). The lowest BCUT2D eigenvalue weighted by Crippen LogP contribution is -2.27. The number of benzene rings is 1. The van der Waals surface area contributed by atoms with Crippen molar-refractivity contribution in [1.82, 2.24) is 19.3 Å². The van der Waals surface area contributed by atoms with Gasteiger partial charge in [-0.3, -0.25) is 9.48 Å². The second-order valence-corrected chi connectivity index (χ2v) is 9.89. The van der Waals surface area contributed by atoms with Gasteiger partial charge in [0.05, 0.1) is 30.4 Å². The van der Waals surface area contributed by atoms with Crippen LogP contribution in [0.4, 0.5) is 10.1 Å². The first-order valence-corrected chi connectivity index (χ1v) is 11.6.